The summed E-state index contributed by atoms with van der Waals surface area (Å²) < 4.78 is 13.4. The lowest BCUT2D eigenvalue weighted by molar-refractivity contribution is -0.141. The van der Waals surface area contributed by atoms with E-state index >= 15 is 0 Å². The number of rotatable bonds is 7. The van der Waals surface area contributed by atoms with Crippen molar-refractivity contribution >= 4 is 17.6 Å². The maximum absolute atomic E-state index is 13.4. The van der Waals surface area contributed by atoms with E-state index in [0.29, 0.717) is 25.1 Å². The fourth-order valence-electron chi connectivity index (χ4n) is 1.68. The minimum Gasteiger partial charge on any atom is -0.481 e. The van der Waals surface area contributed by atoms with E-state index in [-0.39, 0.29) is 5.56 Å². The summed E-state index contributed by atoms with van der Waals surface area (Å²) in [4.78, 5) is 21.8. The Morgan fingerprint density at radius 2 is 2.16 bits per heavy atom. The van der Waals surface area contributed by atoms with Crippen molar-refractivity contribution in [1.82, 2.24) is 0 Å². The number of halogens is 1. The Morgan fingerprint density at radius 3 is 2.74 bits per heavy atom. The first kappa shape index (κ1) is 14.9. The molecule has 0 bridgehead atoms. The molecule has 0 heterocycles. The molecule has 0 aliphatic carbocycles. The van der Waals surface area contributed by atoms with Gasteiger partial charge in [-0.1, -0.05) is 13.0 Å². The topological polar surface area (TPSA) is 92.4 Å². The van der Waals surface area contributed by atoms with Crippen LogP contribution in [0.2, 0.25) is 0 Å². The monoisotopic (exact) mass is 268 g/mol. The number of carboxylic acid groups (broad SMARTS) is 1. The highest BCUT2D eigenvalue weighted by atomic mass is 19.1. The van der Waals surface area contributed by atoms with Crippen LogP contribution in [0.25, 0.3) is 0 Å². The minimum absolute atomic E-state index is 0.172. The lowest BCUT2D eigenvalue weighted by Gasteiger charge is -2.11. The van der Waals surface area contributed by atoms with Crippen LogP contribution in [0.1, 0.15) is 30.1 Å². The number of hydrogen-bond acceptors (Lipinski definition) is 3. The molecular formula is C13H17FN2O3. The van der Waals surface area contributed by atoms with Gasteiger partial charge in [-0.25, -0.2) is 4.39 Å². The fraction of sp³-hybridized carbons (Fsp3) is 0.385. The van der Waals surface area contributed by atoms with E-state index in [0.717, 1.165) is 6.07 Å². The summed E-state index contributed by atoms with van der Waals surface area (Å²) in [5.41, 5.74) is 5.27. The maximum atomic E-state index is 13.4. The second kappa shape index (κ2) is 6.72. The standard InChI is InChI=1S/C13H17FN2O3/c1-8(13(18)19)4-3-7-16-10-6-2-5-9(14)11(10)12(15)17/h2,5-6,8,16H,3-4,7H2,1H3,(H2,15,17)(H,18,19). The number of aliphatic carboxylic acids is 1. The lowest BCUT2D eigenvalue weighted by atomic mass is 10.1. The number of primary amides is 1. The SMILES string of the molecule is CC(CCCNc1cccc(F)c1C(N)=O)C(=O)O. The molecule has 1 amide bonds. The number of carbonyl (C=O) groups is 2. The van der Waals surface area contributed by atoms with Crippen LogP contribution in [0.5, 0.6) is 0 Å². The van der Waals surface area contributed by atoms with E-state index in [1.165, 1.54) is 6.07 Å². The molecule has 104 valence electrons. The normalized spacial score (nSPS) is 11.9. The molecule has 6 heteroatoms. The van der Waals surface area contributed by atoms with Crippen molar-refractivity contribution in [1.29, 1.82) is 0 Å². The molecule has 1 rings (SSSR count). The molecule has 0 saturated heterocycles. The number of nitrogens with one attached hydrogen (secondary N) is 1. The van der Waals surface area contributed by atoms with Gasteiger partial charge >= 0.3 is 5.97 Å². The molecule has 4 N–H and O–H groups in total. The Hall–Kier alpha value is -2.11. The van der Waals surface area contributed by atoms with Gasteiger partial charge in [-0.05, 0) is 25.0 Å². The van der Waals surface area contributed by atoms with Crippen molar-refractivity contribution in [2.75, 3.05) is 11.9 Å². The molecule has 0 saturated carbocycles. The zero-order valence-corrected chi connectivity index (χ0v) is 10.6. The molecule has 1 aromatic rings. The van der Waals surface area contributed by atoms with Crippen LogP contribution in [0.15, 0.2) is 18.2 Å². The van der Waals surface area contributed by atoms with E-state index in [4.69, 9.17) is 10.8 Å². The van der Waals surface area contributed by atoms with Gasteiger partial charge in [0.15, 0.2) is 0 Å². The molecule has 1 unspecified atom stereocenters. The first-order valence-corrected chi connectivity index (χ1v) is 5.98. The number of anilines is 1. The highest BCUT2D eigenvalue weighted by molar-refractivity contribution is 5.98. The molecule has 0 aliphatic heterocycles. The van der Waals surface area contributed by atoms with Crippen LogP contribution in [0, 0.1) is 11.7 Å². The summed E-state index contributed by atoms with van der Waals surface area (Å²) in [5, 5.41) is 11.6. The van der Waals surface area contributed by atoms with Crippen LogP contribution in [-0.4, -0.2) is 23.5 Å². The van der Waals surface area contributed by atoms with Gasteiger partial charge in [0.1, 0.15) is 5.82 Å². The van der Waals surface area contributed by atoms with Gasteiger partial charge in [-0.3, -0.25) is 9.59 Å². The van der Waals surface area contributed by atoms with E-state index in [1.54, 1.807) is 13.0 Å². The first-order valence-electron chi connectivity index (χ1n) is 5.98. The summed E-state index contributed by atoms with van der Waals surface area (Å²) in [5.74, 6) is -2.77. The van der Waals surface area contributed by atoms with E-state index in [2.05, 4.69) is 5.32 Å². The van der Waals surface area contributed by atoms with Gasteiger partial charge in [0.25, 0.3) is 5.91 Å². The van der Waals surface area contributed by atoms with Crippen molar-refractivity contribution in [3.05, 3.63) is 29.6 Å². The van der Waals surface area contributed by atoms with Crippen LogP contribution >= 0.6 is 0 Å². The van der Waals surface area contributed by atoms with Gasteiger partial charge in [-0.2, -0.15) is 0 Å². The second-order valence-electron chi connectivity index (χ2n) is 4.33. The number of hydrogen-bond donors (Lipinski definition) is 3. The Balaban J connectivity index is 2.57. The maximum Gasteiger partial charge on any atom is 0.306 e. The molecule has 19 heavy (non-hydrogen) atoms. The molecule has 1 atom stereocenters. The molecule has 0 fully saturated rings. The third kappa shape index (κ3) is 4.24. The van der Waals surface area contributed by atoms with Crippen LogP contribution in [0.4, 0.5) is 10.1 Å². The number of carbonyl (C=O) groups excluding carboxylic acids is 1. The highest BCUT2D eigenvalue weighted by Gasteiger charge is 2.14. The Morgan fingerprint density at radius 1 is 1.47 bits per heavy atom. The third-order valence-corrected chi connectivity index (χ3v) is 2.81. The molecule has 0 aromatic heterocycles. The lowest BCUT2D eigenvalue weighted by Crippen LogP contribution is -2.17. The van der Waals surface area contributed by atoms with E-state index in [1.807, 2.05) is 0 Å². The first-order chi connectivity index (χ1) is 8.93. The summed E-state index contributed by atoms with van der Waals surface area (Å²) in [7, 11) is 0. The van der Waals surface area contributed by atoms with E-state index in [9.17, 15) is 14.0 Å². The summed E-state index contributed by atoms with van der Waals surface area (Å²) in [6.07, 6.45) is 1.10. The molecule has 5 nitrogen and oxygen atoms in total. The highest BCUT2D eigenvalue weighted by Crippen LogP contribution is 2.18. The third-order valence-electron chi connectivity index (χ3n) is 2.81. The van der Waals surface area contributed by atoms with Crippen molar-refractivity contribution in [3.8, 4) is 0 Å². The van der Waals surface area contributed by atoms with Gasteiger partial charge in [0, 0.05) is 12.2 Å². The number of benzene rings is 1. The summed E-state index contributed by atoms with van der Waals surface area (Å²) in [6, 6.07) is 4.20. The Labute approximate surface area is 110 Å². The van der Waals surface area contributed by atoms with Crippen molar-refractivity contribution in [2.24, 2.45) is 11.7 Å². The minimum atomic E-state index is -0.844. The van der Waals surface area contributed by atoms with Gasteiger partial charge in [0.2, 0.25) is 0 Å². The summed E-state index contributed by atoms with van der Waals surface area (Å²) in [6.45, 7) is 2.07. The zero-order chi connectivity index (χ0) is 14.4. The largest absolute Gasteiger partial charge is 0.481 e. The smallest absolute Gasteiger partial charge is 0.306 e. The predicted molar refractivity (Wildman–Crippen MR) is 69.4 cm³/mol. The Kier molecular flexibility index (Phi) is 5.29. The fourth-order valence-corrected chi connectivity index (χ4v) is 1.68. The number of carboxylic acids is 1. The molecule has 0 radical (unpaired) electrons. The molecular weight excluding hydrogens is 251 g/mol. The predicted octanol–water partition coefficient (Wildman–Crippen LogP) is 1.84. The van der Waals surface area contributed by atoms with E-state index < -0.39 is 23.6 Å². The Bertz CT molecular complexity index is 477. The zero-order valence-electron chi connectivity index (χ0n) is 10.6. The van der Waals surface area contributed by atoms with Crippen LogP contribution in [0.3, 0.4) is 0 Å². The van der Waals surface area contributed by atoms with Crippen LogP contribution in [-0.2, 0) is 4.79 Å². The van der Waals surface area contributed by atoms with Gasteiger partial charge in [0.05, 0.1) is 11.5 Å². The number of amides is 1. The quantitative estimate of drug-likeness (QED) is 0.658. The van der Waals surface area contributed by atoms with Crippen LogP contribution < -0.4 is 11.1 Å². The molecule has 1 aromatic carbocycles. The van der Waals surface area contributed by atoms with Crippen molar-refractivity contribution in [2.45, 2.75) is 19.8 Å². The average molecular weight is 268 g/mol. The molecule has 0 spiro atoms. The summed E-state index contributed by atoms with van der Waals surface area (Å²) >= 11 is 0. The van der Waals surface area contributed by atoms with Gasteiger partial charge < -0.3 is 16.2 Å². The average Bonchev–Trinajstić information content (AvgIpc) is 2.33. The van der Waals surface area contributed by atoms with Crippen molar-refractivity contribution < 1.29 is 19.1 Å². The second-order valence-corrected chi connectivity index (χ2v) is 4.33. The molecule has 0 aliphatic rings. The van der Waals surface area contributed by atoms with Gasteiger partial charge in [-0.15, -0.1) is 0 Å². The van der Waals surface area contributed by atoms with Crippen molar-refractivity contribution in [3.63, 3.8) is 0 Å². The number of nitrogens with two attached hydrogens (primary N) is 1.